The molecule has 0 radical (unpaired) electrons. The highest BCUT2D eigenvalue weighted by molar-refractivity contribution is 14.2. The number of aromatic hydroxyl groups is 1. The molecule has 154 valence electrons. The van der Waals surface area contributed by atoms with Crippen molar-refractivity contribution in [1.29, 1.82) is 0 Å². The van der Waals surface area contributed by atoms with E-state index in [4.69, 9.17) is 9.47 Å². The standard InChI is InChI=1S/C25H23IO4/c1-26-21-11-10-19(17-30-23-6-4-3-5-7-23)20(15-21)16-22(27)12-8-18-9-13-25(29-2)24(28)14-18/h3-15,28H,1,16-17H2,2H3/b12-8+. The number of allylic oxidation sites excluding steroid dienone is 1. The predicted molar refractivity (Wildman–Crippen MR) is 129 cm³/mol. The summed E-state index contributed by atoms with van der Waals surface area (Å²) in [6, 6.07) is 20.8. The molecule has 30 heavy (non-hydrogen) atoms. The topological polar surface area (TPSA) is 55.8 Å². The van der Waals surface area contributed by atoms with Gasteiger partial charge < -0.3 is 14.6 Å². The number of phenols is 1. The van der Waals surface area contributed by atoms with Crippen LogP contribution in [0.3, 0.4) is 0 Å². The van der Waals surface area contributed by atoms with E-state index in [2.05, 4.69) is 16.6 Å². The van der Waals surface area contributed by atoms with Crippen molar-refractivity contribution in [3.8, 4) is 17.2 Å². The zero-order valence-corrected chi connectivity index (χ0v) is 18.8. The van der Waals surface area contributed by atoms with Crippen LogP contribution in [0.5, 0.6) is 17.2 Å². The van der Waals surface area contributed by atoms with Gasteiger partial charge in [-0.25, -0.2) is 0 Å². The number of para-hydroxylation sites is 1. The third-order valence-corrected chi connectivity index (χ3v) is 6.04. The zero-order chi connectivity index (χ0) is 21.3. The highest BCUT2D eigenvalue weighted by Crippen LogP contribution is 2.27. The molecule has 3 rings (SSSR count). The number of carbonyl (C=O) groups excluding carboxylic acids is 1. The van der Waals surface area contributed by atoms with Crippen LogP contribution in [-0.2, 0) is 17.8 Å². The monoisotopic (exact) mass is 514 g/mol. The minimum Gasteiger partial charge on any atom is -0.504 e. The fourth-order valence-corrected chi connectivity index (χ4v) is 3.94. The van der Waals surface area contributed by atoms with Gasteiger partial charge in [0.2, 0.25) is 0 Å². The smallest absolute Gasteiger partial charge is 0.160 e. The number of hydrogen-bond donors (Lipinski definition) is 1. The molecule has 0 spiro atoms. The van der Waals surface area contributed by atoms with Crippen molar-refractivity contribution >= 4 is 37.1 Å². The maximum atomic E-state index is 12.6. The summed E-state index contributed by atoms with van der Waals surface area (Å²) in [5, 5.41) is 9.88. The van der Waals surface area contributed by atoms with Crippen LogP contribution >= 0.6 is 20.7 Å². The van der Waals surface area contributed by atoms with Crippen LogP contribution in [0, 0.1) is 3.57 Å². The van der Waals surface area contributed by atoms with E-state index >= 15 is 0 Å². The molecule has 3 aromatic rings. The second-order valence-electron chi connectivity index (χ2n) is 6.56. The summed E-state index contributed by atoms with van der Waals surface area (Å²) in [5.74, 6) is 1.21. The minimum absolute atomic E-state index is 0.0225. The first kappa shape index (κ1) is 21.8. The first-order valence-corrected chi connectivity index (χ1v) is 12.0. The van der Waals surface area contributed by atoms with Crippen LogP contribution in [0.25, 0.3) is 6.08 Å². The molecule has 0 aliphatic carbocycles. The molecule has 5 heteroatoms. The summed E-state index contributed by atoms with van der Waals surface area (Å²) in [6.07, 6.45) is 3.51. The third kappa shape index (κ3) is 6.03. The lowest BCUT2D eigenvalue weighted by molar-refractivity contribution is -0.113. The molecule has 0 atom stereocenters. The molecule has 0 amide bonds. The van der Waals surface area contributed by atoms with Crippen molar-refractivity contribution in [2.24, 2.45) is 0 Å². The van der Waals surface area contributed by atoms with Crippen LogP contribution in [0.2, 0.25) is 0 Å². The lowest BCUT2D eigenvalue weighted by Crippen LogP contribution is -2.06. The van der Waals surface area contributed by atoms with E-state index in [0.717, 1.165) is 22.4 Å². The Bertz CT molecular complexity index is 1060. The van der Waals surface area contributed by atoms with Crippen molar-refractivity contribution in [3.05, 3.63) is 93.1 Å². The summed E-state index contributed by atoms with van der Waals surface area (Å²) >= 11 is -0.314. The largest absolute Gasteiger partial charge is 0.504 e. The SMILES string of the molecule is C=Ic1ccc(COc2ccccc2)c(CC(=O)/C=C/c2ccc(OC)c(O)c2)c1. The third-order valence-electron chi connectivity index (χ3n) is 4.49. The Kier molecular flexibility index (Phi) is 7.79. The fourth-order valence-electron chi connectivity index (χ4n) is 2.91. The summed E-state index contributed by atoms with van der Waals surface area (Å²) < 4.78 is 16.1. The number of rotatable bonds is 9. The number of benzene rings is 3. The van der Waals surface area contributed by atoms with Gasteiger partial charge in [0.1, 0.15) is 12.4 Å². The summed E-state index contributed by atoms with van der Waals surface area (Å²) in [4.78, 5) is 12.6. The van der Waals surface area contributed by atoms with Gasteiger partial charge in [-0.1, -0.05) is 61.7 Å². The number of phenolic OH excluding ortho intramolecular Hbond substituents is 1. The maximum Gasteiger partial charge on any atom is 0.160 e. The molecule has 0 fully saturated rings. The molecule has 0 aromatic heterocycles. The number of ether oxygens (including phenoxy) is 2. The number of halogens is 1. The van der Waals surface area contributed by atoms with Gasteiger partial charge in [-0.2, -0.15) is 0 Å². The van der Waals surface area contributed by atoms with Gasteiger partial charge in [-0.15, -0.1) is 0 Å². The molecular formula is C25H23IO4. The average molecular weight is 514 g/mol. The Hall–Kier alpha value is -2.93. The molecule has 0 unspecified atom stereocenters. The van der Waals surface area contributed by atoms with E-state index in [1.165, 1.54) is 16.8 Å². The number of carbonyl (C=O) groups is 1. The summed E-state index contributed by atoms with van der Waals surface area (Å²) in [6.45, 7) is 0.401. The van der Waals surface area contributed by atoms with E-state index < -0.39 is 0 Å². The van der Waals surface area contributed by atoms with Gasteiger partial charge in [0.05, 0.1) is 7.11 Å². The van der Waals surface area contributed by atoms with E-state index in [-0.39, 0.29) is 38.7 Å². The normalized spacial score (nSPS) is 10.8. The molecule has 0 aliphatic rings. The molecule has 1 N–H and O–H groups in total. The van der Waals surface area contributed by atoms with Crippen molar-refractivity contribution in [3.63, 3.8) is 0 Å². The summed E-state index contributed by atoms with van der Waals surface area (Å²) in [5.41, 5.74) is 2.68. The Morgan fingerprint density at radius 1 is 1.07 bits per heavy atom. The fraction of sp³-hybridized carbons (Fsp3) is 0.120. The second-order valence-corrected chi connectivity index (χ2v) is 8.56. The van der Waals surface area contributed by atoms with Crippen LogP contribution in [-0.4, -0.2) is 22.5 Å². The lowest BCUT2D eigenvalue weighted by atomic mass is 10.0. The zero-order valence-electron chi connectivity index (χ0n) is 16.7. The Labute approximate surface area is 186 Å². The van der Waals surface area contributed by atoms with Crippen LogP contribution in [0.15, 0.2) is 72.8 Å². The van der Waals surface area contributed by atoms with E-state index in [1.54, 1.807) is 24.3 Å². The van der Waals surface area contributed by atoms with E-state index in [1.807, 2.05) is 36.4 Å². The first-order chi connectivity index (χ1) is 14.6. The highest BCUT2D eigenvalue weighted by atomic mass is 127. The second kappa shape index (κ2) is 10.7. The molecule has 0 saturated heterocycles. The molecule has 0 bridgehead atoms. The number of hydrogen-bond acceptors (Lipinski definition) is 4. The minimum atomic E-state index is -0.314. The van der Waals surface area contributed by atoms with Gasteiger partial charge in [0.15, 0.2) is 17.3 Å². The highest BCUT2D eigenvalue weighted by Gasteiger charge is 2.09. The van der Waals surface area contributed by atoms with Crippen molar-refractivity contribution in [1.82, 2.24) is 0 Å². The molecule has 3 aromatic carbocycles. The quantitative estimate of drug-likeness (QED) is 0.308. The van der Waals surface area contributed by atoms with Crippen molar-refractivity contribution in [2.75, 3.05) is 7.11 Å². The maximum absolute atomic E-state index is 12.6. The van der Waals surface area contributed by atoms with Crippen LogP contribution in [0.4, 0.5) is 0 Å². The van der Waals surface area contributed by atoms with E-state index in [9.17, 15) is 9.90 Å². The van der Waals surface area contributed by atoms with Gasteiger partial charge in [-0.3, -0.25) is 4.79 Å². The average Bonchev–Trinajstić information content (AvgIpc) is 2.77. The summed E-state index contributed by atoms with van der Waals surface area (Å²) in [7, 11) is 1.50. The molecular weight excluding hydrogens is 491 g/mol. The Morgan fingerprint density at radius 3 is 2.57 bits per heavy atom. The van der Waals surface area contributed by atoms with Crippen LogP contribution in [0.1, 0.15) is 16.7 Å². The molecule has 0 aliphatic heterocycles. The lowest BCUT2D eigenvalue weighted by Gasteiger charge is -2.11. The van der Waals surface area contributed by atoms with E-state index in [0.29, 0.717) is 12.4 Å². The predicted octanol–water partition coefficient (Wildman–Crippen LogP) is 5.38. The van der Waals surface area contributed by atoms with Gasteiger partial charge in [0, 0.05) is 9.99 Å². The number of ketones is 1. The van der Waals surface area contributed by atoms with Crippen LogP contribution < -0.4 is 9.47 Å². The van der Waals surface area contributed by atoms with Gasteiger partial charge >= 0.3 is 0 Å². The number of methoxy groups -OCH3 is 1. The van der Waals surface area contributed by atoms with Crippen molar-refractivity contribution in [2.45, 2.75) is 13.0 Å². The molecule has 4 nitrogen and oxygen atoms in total. The first-order valence-electron chi connectivity index (χ1n) is 9.35. The Balaban J connectivity index is 1.72. The van der Waals surface area contributed by atoms with Crippen molar-refractivity contribution < 1.29 is 19.4 Å². The van der Waals surface area contributed by atoms with Gasteiger partial charge in [-0.05, 0) is 59.2 Å². The molecule has 0 heterocycles. The molecule has 0 saturated carbocycles. The van der Waals surface area contributed by atoms with Gasteiger partial charge in [0.25, 0.3) is 0 Å². The Morgan fingerprint density at radius 2 is 1.87 bits per heavy atom.